The molecule has 0 saturated carbocycles. The minimum atomic E-state index is -1.43. The first-order chi connectivity index (χ1) is 7.13. The molecule has 0 saturated heterocycles. The summed E-state index contributed by atoms with van der Waals surface area (Å²) in [7, 11) is -1.43. The van der Waals surface area contributed by atoms with E-state index in [1.54, 1.807) is 0 Å². The van der Waals surface area contributed by atoms with Crippen LogP contribution in [0.2, 0.25) is 0 Å². The average Bonchev–Trinajstić information content (AvgIpc) is 2.25. The third kappa shape index (κ3) is 1.85. The van der Waals surface area contributed by atoms with Crippen molar-refractivity contribution in [2.24, 2.45) is 4.74 Å². The fourth-order valence-electron chi connectivity index (χ4n) is 1.78. The van der Waals surface area contributed by atoms with Crippen LogP contribution in [0.15, 0.2) is 58.2 Å². The van der Waals surface area contributed by atoms with Crippen molar-refractivity contribution >= 4 is 12.4 Å². The van der Waals surface area contributed by atoms with E-state index in [9.17, 15) is 0 Å². The van der Waals surface area contributed by atoms with Gasteiger partial charge in [0.1, 0.15) is 0 Å². The molecule has 2 heteroatoms. The monoisotopic (exact) mass is 217 g/mol. The number of benzene rings is 1. The summed E-state index contributed by atoms with van der Waals surface area (Å²) >= 11 is 0. The number of hydrogen-bond acceptors (Lipinski definition) is 1. The lowest BCUT2D eigenvalue weighted by Gasteiger charge is -2.23. The maximum absolute atomic E-state index is 4.77. The molecule has 0 bridgehead atoms. The van der Waals surface area contributed by atoms with Gasteiger partial charge in [-0.15, -0.1) is 0 Å². The Kier molecular flexibility index (Phi) is 2.67. The minimum absolute atomic E-state index is 1.25. The van der Waals surface area contributed by atoms with Gasteiger partial charge in [0.05, 0.1) is 0 Å². The summed E-state index contributed by atoms with van der Waals surface area (Å²) in [5.41, 5.74) is 1.25. The second-order valence-electron chi connectivity index (χ2n) is 4.07. The van der Waals surface area contributed by atoms with E-state index in [-0.39, 0.29) is 0 Å². The van der Waals surface area contributed by atoms with Gasteiger partial charge in [0.15, 0.2) is 0 Å². The Balaban J connectivity index is 2.59. The highest BCUT2D eigenvalue weighted by Gasteiger charge is 2.19. The second kappa shape index (κ2) is 3.83. The molecule has 1 heterocycles. The van der Waals surface area contributed by atoms with Crippen molar-refractivity contribution in [3.05, 3.63) is 53.5 Å². The fraction of sp³-hybridized carbons (Fsp3) is 0.231. The number of rotatable bonds is 1. The molecule has 1 aliphatic rings. The summed E-state index contributed by atoms with van der Waals surface area (Å²) < 4.78 is 4.77. The smallest absolute Gasteiger partial charge is 0.0288 e. The van der Waals surface area contributed by atoms with Gasteiger partial charge in [0.25, 0.3) is 0 Å². The van der Waals surface area contributed by atoms with E-state index in [2.05, 4.69) is 56.9 Å². The predicted molar refractivity (Wildman–Crippen MR) is 68.9 cm³/mol. The summed E-state index contributed by atoms with van der Waals surface area (Å²) in [4.78, 5) is 0. The summed E-state index contributed by atoms with van der Waals surface area (Å²) in [6, 6.07) is 10.6. The molecule has 1 atom stereocenters. The molecule has 15 heavy (non-hydrogen) atoms. The van der Waals surface area contributed by atoms with E-state index in [1.165, 1.54) is 16.2 Å². The SMILES string of the molecule is CC1=CN=P(C)(c2ccccc2)C(C)=C1. The predicted octanol–water partition coefficient (Wildman–Crippen LogP) is 3.96. The molecule has 2 rings (SSSR count). The van der Waals surface area contributed by atoms with E-state index in [0.29, 0.717) is 0 Å². The molecule has 0 radical (unpaired) electrons. The molecule has 1 aromatic rings. The van der Waals surface area contributed by atoms with Crippen LogP contribution in [0.5, 0.6) is 0 Å². The van der Waals surface area contributed by atoms with E-state index < -0.39 is 7.05 Å². The molecule has 1 aliphatic heterocycles. The Morgan fingerprint density at radius 3 is 2.33 bits per heavy atom. The Labute approximate surface area is 91.6 Å². The van der Waals surface area contributed by atoms with Crippen LogP contribution >= 0.6 is 7.05 Å². The van der Waals surface area contributed by atoms with Crippen LogP contribution in [0.25, 0.3) is 0 Å². The van der Waals surface area contributed by atoms with Crippen molar-refractivity contribution in [3.8, 4) is 0 Å². The first kappa shape index (κ1) is 10.4. The quantitative estimate of drug-likeness (QED) is 0.631. The summed E-state index contributed by atoms with van der Waals surface area (Å²) in [5, 5.41) is 2.77. The Morgan fingerprint density at radius 1 is 1.07 bits per heavy atom. The van der Waals surface area contributed by atoms with Gasteiger partial charge in [-0.25, -0.2) is 0 Å². The molecule has 0 amide bonds. The summed E-state index contributed by atoms with van der Waals surface area (Å²) in [5.74, 6) is 0. The Morgan fingerprint density at radius 2 is 1.73 bits per heavy atom. The maximum atomic E-state index is 4.77. The van der Waals surface area contributed by atoms with Gasteiger partial charge in [-0.2, -0.15) is 0 Å². The van der Waals surface area contributed by atoms with Gasteiger partial charge in [0, 0.05) is 13.3 Å². The zero-order valence-electron chi connectivity index (χ0n) is 9.44. The molecule has 1 nitrogen and oxygen atoms in total. The van der Waals surface area contributed by atoms with E-state index in [0.717, 1.165) is 0 Å². The molecule has 0 fully saturated rings. The molecule has 1 unspecified atom stereocenters. The van der Waals surface area contributed by atoms with Gasteiger partial charge < -0.3 is 0 Å². The lowest BCUT2D eigenvalue weighted by molar-refractivity contribution is 1.38. The van der Waals surface area contributed by atoms with Crippen LogP contribution < -0.4 is 5.30 Å². The highest BCUT2D eigenvalue weighted by Crippen LogP contribution is 2.54. The lowest BCUT2D eigenvalue weighted by Crippen LogP contribution is -2.05. The van der Waals surface area contributed by atoms with E-state index in [1.807, 2.05) is 6.20 Å². The highest BCUT2D eigenvalue weighted by atomic mass is 31.2. The summed E-state index contributed by atoms with van der Waals surface area (Å²) in [6.45, 7) is 6.57. The molecule has 0 aromatic heterocycles. The molecule has 0 spiro atoms. The average molecular weight is 217 g/mol. The van der Waals surface area contributed by atoms with Gasteiger partial charge in [-0.1, -0.05) is 36.4 Å². The standard InChI is InChI=1S/C13H16NP/c1-11-9-12(2)15(3,14-10-11)13-7-5-4-6-8-13/h4-10H,1-3H3. The molecular weight excluding hydrogens is 201 g/mol. The third-order valence-electron chi connectivity index (χ3n) is 2.87. The van der Waals surface area contributed by atoms with Crippen LogP contribution in [-0.4, -0.2) is 6.66 Å². The summed E-state index contributed by atoms with van der Waals surface area (Å²) in [6.07, 6.45) is 4.27. The van der Waals surface area contributed by atoms with Crippen LogP contribution in [0, 0.1) is 0 Å². The number of hydrogen-bond donors (Lipinski definition) is 0. The third-order valence-corrected chi connectivity index (χ3v) is 6.26. The van der Waals surface area contributed by atoms with Crippen LogP contribution in [0.1, 0.15) is 13.8 Å². The van der Waals surface area contributed by atoms with Crippen molar-refractivity contribution in [3.63, 3.8) is 0 Å². The fourth-order valence-corrected chi connectivity index (χ4v) is 4.12. The highest BCUT2D eigenvalue weighted by molar-refractivity contribution is 7.77. The number of nitrogens with zero attached hydrogens (tertiary/aromatic N) is 1. The minimum Gasteiger partial charge on any atom is -0.267 e. The zero-order valence-corrected chi connectivity index (χ0v) is 10.3. The Bertz CT molecular complexity index is 481. The maximum Gasteiger partial charge on any atom is 0.0288 e. The van der Waals surface area contributed by atoms with Crippen LogP contribution in [0.4, 0.5) is 0 Å². The molecular formula is C13H16NP. The van der Waals surface area contributed by atoms with Crippen LogP contribution in [-0.2, 0) is 0 Å². The Hall–Kier alpha value is -1.07. The lowest BCUT2D eigenvalue weighted by atomic mass is 10.3. The van der Waals surface area contributed by atoms with Crippen molar-refractivity contribution in [2.45, 2.75) is 13.8 Å². The topological polar surface area (TPSA) is 12.4 Å². The van der Waals surface area contributed by atoms with Gasteiger partial charge in [0.2, 0.25) is 0 Å². The van der Waals surface area contributed by atoms with Crippen molar-refractivity contribution < 1.29 is 0 Å². The van der Waals surface area contributed by atoms with Crippen molar-refractivity contribution in [1.82, 2.24) is 0 Å². The van der Waals surface area contributed by atoms with Gasteiger partial charge >= 0.3 is 0 Å². The van der Waals surface area contributed by atoms with E-state index in [4.69, 9.17) is 4.74 Å². The second-order valence-corrected chi connectivity index (χ2v) is 7.44. The molecule has 0 N–H and O–H groups in total. The largest absolute Gasteiger partial charge is 0.267 e. The van der Waals surface area contributed by atoms with Crippen molar-refractivity contribution in [1.29, 1.82) is 0 Å². The molecule has 1 aromatic carbocycles. The molecule has 78 valence electrons. The first-order valence-corrected chi connectivity index (χ1v) is 7.32. The van der Waals surface area contributed by atoms with E-state index >= 15 is 0 Å². The first-order valence-electron chi connectivity index (χ1n) is 5.13. The van der Waals surface area contributed by atoms with Crippen molar-refractivity contribution in [2.75, 3.05) is 6.66 Å². The van der Waals surface area contributed by atoms with Gasteiger partial charge in [-0.3, -0.25) is 4.74 Å². The van der Waals surface area contributed by atoms with Crippen LogP contribution in [0.3, 0.4) is 0 Å². The zero-order chi connectivity index (χ0) is 10.9. The number of allylic oxidation sites excluding steroid dienone is 3. The molecule has 0 aliphatic carbocycles. The normalized spacial score (nSPS) is 25.3. The van der Waals surface area contributed by atoms with Gasteiger partial charge in [-0.05, 0) is 36.7 Å².